The Hall–Kier alpha value is -4.05. The van der Waals surface area contributed by atoms with Crippen molar-refractivity contribution in [3.63, 3.8) is 0 Å². The summed E-state index contributed by atoms with van der Waals surface area (Å²) in [6.45, 7) is 1.80. The Labute approximate surface area is 197 Å². The van der Waals surface area contributed by atoms with Gasteiger partial charge >= 0.3 is 0 Å². The van der Waals surface area contributed by atoms with E-state index < -0.39 is 10.0 Å². The van der Waals surface area contributed by atoms with Gasteiger partial charge in [0.25, 0.3) is 10.0 Å². The molecule has 0 bridgehead atoms. The van der Waals surface area contributed by atoms with Gasteiger partial charge < -0.3 is 19.5 Å². The van der Waals surface area contributed by atoms with Crippen molar-refractivity contribution in [1.29, 1.82) is 0 Å². The molecule has 1 heterocycles. The van der Waals surface area contributed by atoms with Gasteiger partial charge in [0.1, 0.15) is 22.1 Å². The van der Waals surface area contributed by atoms with Crippen LogP contribution < -0.4 is 24.2 Å². The molecule has 3 aromatic carbocycles. The standard InChI is InChI=1S/C24H24N4O5S/c1-15-9-10-21(33-4)22(11-15)34(29,30)28-24-23(26-19-7-5-6-8-20(19)27-24)25-16-12-17(31-2)14-18(13-16)32-3/h5-14H,1-4H3,(H,25,26)(H,27,28). The molecule has 0 radical (unpaired) electrons. The molecular weight excluding hydrogens is 456 g/mol. The van der Waals surface area contributed by atoms with Crippen LogP contribution in [0.1, 0.15) is 5.56 Å². The fourth-order valence-corrected chi connectivity index (χ4v) is 4.61. The van der Waals surface area contributed by atoms with Gasteiger partial charge in [0.15, 0.2) is 11.6 Å². The maximum Gasteiger partial charge on any atom is 0.266 e. The fraction of sp³-hybridized carbons (Fsp3) is 0.167. The van der Waals surface area contributed by atoms with Crippen molar-refractivity contribution in [2.45, 2.75) is 11.8 Å². The number of methoxy groups -OCH3 is 3. The lowest BCUT2D eigenvalue weighted by Gasteiger charge is -2.16. The zero-order valence-electron chi connectivity index (χ0n) is 19.1. The Morgan fingerprint density at radius 2 is 1.38 bits per heavy atom. The van der Waals surface area contributed by atoms with E-state index in [4.69, 9.17) is 14.2 Å². The van der Waals surface area contributed by atoms with Crippen molar-refractivity contribution in [3.8, 4) is 17.2 Å². The molecule has 4 rings (SSSR count). The number of fused-ring (bicyclic) bond motifs is 1. The average molecular weight is 481 g/mol. The van der Waals surface area contributed by atoms with Gasteiger partial charge in [0.05, 0.1) is 32.4 Å². The van der Waals surface area contributed by atoms with Gasteiger partial charge in [-0.15, -0.1) is 0 Å². The molecule has 2 N–H and O–H groups in total. The first-order valence-electron chi connectivity index (χ1n) is 10.3. The molecule has 0 saturated heterocycles. The molecule has 0 aliphatic heterocycles. The molecule has 34 heavy (non-hydrogen) atoms. The van der Waals surface area contributed by atoms with Gasteiger partial charge in [-0.3, -0.25) is 4.72 Å². The number of nitrogens with one attached hydrogen (secondary N) is 2. The lowest BCUT2D eigenvalue weighted by molar-refractivity contribution is 0.395. The molecule has 0 aliphatic rings. The van der Waals surface area contributed by atoms with Gasteiger partial charge in [-0.1, -0.05) is 18.2 Å². The predicted octanol–water partition coefficient (Wildman–Crippen LogP) is 4.51. The van der Waals surface area contributed by atoms with E-state index in [9.17, 15) is 8.42 Å². The number of hydrogen-bond acceptors (Lipinski definition) is 8. The van der Waals surface area contributed by atoms with Gasteiger partial charge in [0, 0.05) is 23.9 Å². The summed E-state index contributed by atoms with van der Waals surface area (Å²) in [5.41, 5.74) is 2.48. The third kappa shape index (κ3) is 4.81. The van der Waals surface area contributed by atoms with Crippen LogP contribution in [0.15, 0.2) is 65.6 Å². The minimum Gasteiger partial charge on any atom is -0.497 e. The first-order chi connectivity index (χ1) is 16.3. The smallest absolute Gasteiger partial charge is 0.266 e. The summed E-state index contributed by atoms with van der Waals surface area (Å²) in [7, 11) is 0.454. The maximum absolute atomic E-state index is 13.3. The maximum atomic E-state index is 13.3. The fourth-order valence-electron chi connectivity index (χ4n) is 3.35. The van der Waals surface area contributed by atoms with E-state index in [-0.39, 0.29) is 22.3 Å². The van der Waals surface area contributed by atoms with E-state index >= 15 is 0 Å². The van der Waals surface area contributed by atoms with Gasteiger partial charge in [-0.05, 0) is 36.8 Å². The highest BCUT2D eigenvalue weighted by atomic mass is 32.2. The highest BCUT2D eigenvalue weighted by molar-refractivity contribution is 7.92. The van der Waals surface area contributed by atoms with E-state index in [1.54, 1.807) is 69.7 Å². The van der Waals surface area contributed by atoms with Crippen LogP contribution in [0.5, 0.6) is 17.2 Å². The molecule has 0 amide bonds. The molecule has 0 aliphatic carbocycles. The Morgan fingerprint density at radius 1 is 0.765 bits per heavy atom. The zero-order valence-corrected chi connectivity index (χ0v) is 19.9. The third-order valence-electron chi connectivity index (χ3n) is 5.02. The summed E-state index contributed by atoms with van der Waals surface area (Å²) >= 11 is 0. The van der Waals surface area contributed by atoms with Crippen LogP contribution in [-0.2, 0) is 10.0 Å². The van der Waals surface area contributed by atoms with Crippen molar-refractivity contribution in [1.82, 2.24) is 9.97 Å². The summed E-state index contributed by atoms with van der Waals surface area (Å²) in [6, 6.07) is 17.3. The largest absolute Gasteiger partial charge is 0.497 e. The quantitative estimate of drug-likeness (QED) is 0.379. The van der Waals surface area contributed by atoms with Crippen LogP contribution in [0.2, 0.25) is 0 Å². The summed E-state index contributed by atoms with van der Waals surface area (Å²) in [5, 5.41) is 3.14. The van der Waals surface area contributed by atoms with Crippen molar-refractivity contribution in [2.24, 2.45) is 0 Å². The SMILES string of the molecule is COc1cc(Nc2nc3ccccc3nc2NS(=O)(=O)c2cc(C)ccc2OC)cc(OC)c1. The Morgan fingerprint density at radius 3 is 1.97 bits per heavy atom. The highest BCUT2D eigenvalue weighted by Gasteiger charge is 2.23. The number of aromatic nitrogens is 2. The second-order valence-electron chi connectivity index (χ2n) is 7.40. The monoisotopic (exact) mass is 480 g/mol. The number of para-hydroxylation sites is 2. The molecule has 176 valence electrons. The molecule has 0 atom stereocenters. The number of benzene rings is 3. The number of anilines is 3. The normalized spacial score (nSPS) is 11.2. The van der Waals surface area contributed by atoms with E-state index in [1.807, 2.05) is 6.07 Å². The van der Waals surface area contributed by atoms with Crippen molar-refractivity contribution >= 4 is 38.4 Å². The van der Waals surface area contributed by atoms with Gasteiger partial charge in [0.2, 0.25) is 0 Å². The zero-order chi connectivity index (χ0) is 24.3. The highest BCUT2D eigenvalue weighted by Crippen LogP contribution is 2.32. The Balaban J connectivity index is 1.81. The van der Waals surface area contributed by atoms with E-state index in [0.717, 1.165) is 5.56 Å². The molecule has 4 aromatic rings. The number of sulfonamides is 1. The van der Waals surface area contributed by atoms with Crippen LogP contribution in [-0.4, -0.2) is 39.7 Å². The topological polar surface area (TPSA) is 112 Å². The minimum atomic E-state index is -4.05. The molecule has 0 saturated carbocycles. The lowest BCUT2D eigenvalue weighted by atomic mass is 10.2. The molecule has 0 spiro atoms. The summed E-state index contributed by atoms with van der Waals surface area (Å²) in [5.74, 6) is 1.58. The second-order valence-corrected chi connectivity index (χ2v) is 9.05. The van der Waals surface area contributed by atoms with Gasteiger partial charge in [-0.2, -0.15) is 0 Å². The van der Waals surface area contributed by atoms with Crippen molar-refractivity contribution in [2.75, 3.05) is 31.4 Å². The molecule has 10 heteroatoms. The van der Waals surface area contributed by atoms with Crippen LogP contribution in [0.25, 0.3) is 11.0 Å². The van der Waals surface area contributed by atoms with E-state index in [0.29, 0.717) is 28.2 Å². The molecule has 1 aromatic heterocycles. The summed E-state index contributed by atoms with van der Waals surface area (Å²) < 4.78 is 45.2. The first-order valence-corrected chi connectivity index (χ1v) is 11.8. The average Bonchev–Trinajstić information content (AvgIpc) is 2.83. The van der Waals surface area contributed by atoms with Crippen molar-refractivity contribution in [3.05, 3.63) is 66.2 Å². The molecular formula is C24H24N4O5S. The van der Waals surface area contributed by atoms with Crippen molar-refractivity contribution < 1.29 is 22.6 Å². The number of rotatable bonds is 8. The predicted molar refractivity (Wildman–Crippen MR) is 131 cm³/mol. The molecule has 0 unspecified atom stereocenters. The molecule has 0 fully saturated rings. The van der Waals surface area contributed by atoms with Crippen LogP contribution in [0, 0.1) is 6.92 Å². The Bertz CT molecular complexity index is 1440. The van der Waals surface area contributed by atoms with E-state index in [1.165, 1.54) is 13.2 Å². The van der Waals surface area contributed by atoms with Crippen LogP contribution in [0.4, 0.5) is 17.3 Å². The Kier molecular flexibility index (Phi) is 6.42. The number of nitrogens with zero attached hydrogens (tertiary/aromatic N) is 2. The number of hydrogen-bond donors (Lipinski definition) is 2. The number of aryl methyl sites for hydroxylation is 1. The van der Waals surface area contributed by atoms with Gasteiger partial charge in [-0.25, -0.2) is 18.4 Å². The lowest BCUT2D eigenvalue weighted by Crippen LogP contribution is -2.17. The summed E-state index contributed by atoms with van der Waals surface area (Å²) in [4.78, 5) is 9.13. The minimum absolute atomic E-state index is 0.000965. The third-order valence-corrected chi connectivity index (χ3v) is 6.38. The van der Waals surface area contributed by atoms with Crippen LogP contribution >= 0.6 is 0 Å². The van der Waals surface area contributed by atoms with Crippen LogP contribution in [0.3, 0.4) is 0 Å². The number of ether oxygens (including phenoxy) is 3. The summed E-state index contributed by atoms with van der Waals surface area (Å²) in [6.07, 6.45) is 0. The van der Waals surface area contributed by atoms with E-state index in [2.05, 4.69) is 20.0 Å². The first kappa shape index (κ1) is 23.1. The molecule has 9 nitrogen and oxygen atoms in total. The second kappa shape index (κ2) is 9.44.